The van der Waals surface area contributed by atoms with Crippen molar-refractivity contribution >= 4 is 35.0 Å². The highest BCUT2D eigenvalue weighted by atomic mass is 32.2. The molecule has 0 saturated heterocycles. The Kier molecular flexibility index (Phi) is 5.65. The van der Waals surface area contributed by atoms with Crippen LogP contribution in [0.15, 0.2) is 47.4 Å². The number of ether oxygens (including phenoxy) is 1. The SMILES string of the molecule is CSc1ccccc1NC(=O)COC(=O)c1cccc(C)c1N. The molecule has 0 aliphatic rings. The number of amides is 1. The summed E-state index contributed by atoms with van der Waals surface area (Å²) in [4.78, 5) is 24.9. The van der Waals surface area contributed by atoms with Gasteiger partial charge in [0.2, 0.25) is 0 Å². The number of carbonyl (C=O) groups is 2. The first-order chi connectivity index (χ1) is 11.0. The second-order valence-corrected chi connectivity index (χ2v) is 5.71. The number of rotatable bonds is 5. The van der Waals surface area contributed by atoms with Crippen molar-refractivity contribution in [3.05, 3.63) is 53.6 Å². The van der Waals surface area contributed by atoms with Crippen molar-refractivity contribution in [1.29, 1.82) is 0 Å². The zero-order chi connectivity index (χ0) is 16.8. The maximum Gasteiger partial charge on any atom is 0.340 e. The second kappa shape index (κ2) is 7.69. The van der Waals surface area contributed by atoms with Crippen molar-refractivity contribution in [2.45, 2.75) is 11.8 Å². The fraction of sp³-hybridized carbons (Fsp3) is 0.176. The highest BCUT2D eigenvalue weighted by Crippen LogP contribution is 2.24. The van der Waals surface area contributed by atoms with Gasteiger partial charge in [-0.2, -0.15) is 0 Å². The van der Waals surface area contributed by atoms with Crippen molar-refractivity contribution in [1.82, 2.24) is 0 Å². The van der Waals surface area contributed by atoms with Crippen LogP contribution in [0.5, 0.6) is 0 Å². The Labute approximate surface area is 139 Å². The van der Waals surface area contributed by atoms with E-state index in [1.54, 1.807) is 31.2 Å². The third-order valence-electron chi connectivity index (χ3n) is 3.26. The molecule has 2 aromatic rings. The third kappa shape index (κ3) is 4.26. The number of para-hydroxylation sites is 2. The van der Waals surface area contributed by atoms with Crippen LogP contribution in [0.25, 0.3) is 0 Å². The Morgan fingerprint density at radius 3 is 2.65 bits per heavy atom. The van der Waals surface area contributed by atoms with Gasteiger partial charge in [0.15, 0.2) is 6.61 Å². The lowest BCUT2D eigenvalue weighted by Gasteiger charge is -2.11. The van der Waals surface area contributed by atoms with E-state index < -0.39 is 11.9 Å². The number of thioether (sulfide) groups is 1. The lowest BCUT2D eigenvalue weighted by molar-refractivity contribution is -0.119. The number of benzene rings is 2. The van der Waals surface area contributed by atoms with Crippen LogP contribution in [0.2, 0.25) is 0 Å². The van der Waals surface area contributed by atoms with Gasteiger partial charge in [-0.05, 0) is 36.9 Å². The fourth-order valence-corrected chi connectivity index (χ4v) is 2.56. The number of anilines is 2. The van der Waals surface area contributed by atoms with Crippen molar-refractivity contribution < 1.29 is 14.3 Å². The maximum atomic E-state index is 12.0. The minimum atomic E-state index is -0.612. The molecule has 0 bridgehead atoms. The van der Waals surface area contributed by atoms with E-state index in [1.165, 1.54) is 11.8 Å². The highest BCUT2D eigenvalue weighted by molar-refractivity contribution is 7.98. The monoisotopic (exact) mass is 330 g/mol. The van der Waals surface area contributed by atoms with Gasteiger partial charge in [-0.15, -0.1) is 11.8 Å². The summed E-state index contributed by atoms with van der Waals surface area (Å²) in [5.74, 6) is -1.01. The largest absolute Gasteiger partial charge is 0.452 e. The molecule has 0 heterocycles. The Bertz CT molecular complexity index is 732. The summed E-state index contributed by atoms with van der Waals surface area (Å²) in [6.45, 7) is 1.44. The zero-order valence-corrected chi connectivity index (χ0v) is 13.8. The van der Waals surface area contributed by atoms with Gasteiger partial charge in [0.25, 0.3) is 5.91 Å². The second-order valence-electron chi connectivity index (χ2n) is 4.86. The van der Waals surface area contributed by atoms with Gasteiger partial charge in [0.1, 0.15) is 0 Å². The molecular weight excluding hydrogens is 312 g/mol. The number of esters is 1. The Morgan fingerprint density at radius 1 is 1.17 bits per heavy atom. The molecule has 2 rings (SSSR count). The smallest absolute Gasteiger partial charge is 0.340 e. The molecule has 0 aliphatic heterocycles. The molecule has 2 aromatic carbocycles. The first kappa shape index (κ1) is 16.9. The van der Waals surface area contributed by atoms with Gasteiger partial charge < -0.3 is 15.8 Å². The predicted molar refractivity (Wildman–Crippen MR) is 92.7 cm³/mol. The first-order valence-electron chi connectivity index (χ1n) is 6.98. The molecule has 3 N–H and O–H groups in total. The quantitative estimate of drug-likeness (QED) is 0.500. The molecule has 5 nitrogen and oxygen atoms in total. The van der Waals surface area contributed by atoms with Gasteiger partial charge in [-0.1, -0.05) is 24.3 Å². The van der Waals surface area contributed by atoms with Crippen molar-refractivity contribution in [2.24, 2.45) is 0 Å². The molecule has 0 fully saturated rings. The van der Waals surface area contributed by atoms with Crippen LogP contribution in [-0.2, 0) is 9.53 Å². The summed E-state index contributed by atoms with van der Waals surface area (Å²) in [5.41, 5.74) is 7.96. The molecule has 0 saturated carbocycles. The van der Waals surface area contributed by atoms with Crippen LogP contribution in [0.3, 0.4) is 0 Å². The van der Waals surface area contributed by atoms with E-state index in [2.05, 4.69) is 5.32 Å². The molecule has 0 aromatic heterocycles. The summed E-state index contributed by atoms with van der Waals surface area (Å²) in [7, 11) is 0. The van der Waals surface area contributed by atoms with Gasteiger partial charge in [-0.25, -0.2) is 4.79 Å². The van der Waals surface area contributed by atoms with Gasteiger partial charge >= 0.3 is 5.97 Å². The van der Waals surface area contributed by atoms with E-state index in [0.29, 0.717) is 11.4 Å². The minimum Gasteiger partial charge on any atom is -0.452 e. The molecule has 0 spiro atoms. The summed E-state index contributed by atoms with van der Waals surface area (Å²) in [5, 5.41) is 2.73. The van der Waals surface area contributed by atoms with Gasteiger partial charge in [-0.3, -0.25) is 4.79 Å². The molecule has 0 radical (unpaired) electrons. The molecule has 6 heteroatoms. The van der Waals surface area contributed by atoms with Crippen LogP contribution < -0.4 is 11.1 Å². The number of aryl methyl sites for hydroxylation is 1. The molecule has 0 unspecified atom stereocenters. The lowest BCUT2D eigenvalue weighted by Crippen LogP contribution is -2.21. The van der Waals surface area contributed by atoms with Crippen LogP contribution >= 0.6 is 11.8 Å². The lowest BCUT2D eigenvalue weighted by atomic mass is 10.1. The zero-order valence-electron chi connectivity index (χ0n) is 13.0. The molecular formula is C17H18N2O3S. The van der Waals surface area contributed by atoms with Crippen LogP contribution in [-0.4, -0.2) is 24.7 Å². The van der Waals surface area contributed by atoms with Crippen LogP contribution in [0.4, 0.5) is 11.4 Å². The highest BCUT2D eigenvalue weighted by Gasteiger charge is 2.14. The van der Waals surface area contributed by atoms with Crippen LogP contribution in [0.1, 0.15) is 15.9 Å². The fourth-order valence-electron chi connectivity index (χ4n) is 2.00. The van der Waals surface area contributed by atoms with Gasteiger partial charge in [0.05, 0.1) is 11.3 Å². The summed E-state index contributed by atoms with van der Waals surface area (Å²) in [6.07, 6.45) is 1.92. The van der Waals surface area contributed by atoms with E-state index >= 15 is 0 Å². The summed E-state index contributed by atoms with van der Waals surface area (Å²) >= 11 is 1.52. The Hall–Kier alpha value is -2.47. The minimum absolute atomic E-state index is 0.266. The number of hydrogen-bond donors (Lipinski definition) is 2. The van der Waals surface area contributed by atoms with E-state index in [4.69, 9.17) is 10.5 Å². The average Bonchev–Trinajstić information content (AvgIpc) is 2.55. The van der Waals surface area contributed by atoms with E-state index in [0.717, 1.165) is 10.5 Å². The van der Waals surface area contributed by atoms with Crippen molar-refractivity contribution in [3.63, 3.8) is 0 Å². The third-order valence-corrected chi connectivity index (χ3v) is 4.06. The van der Waals surface area contributed by atoms with E-state index in [1.807, 2.05) is 24.5 Å². The summed E-state index contributed by atoms with van der Waals surface area (Å²) in [6, 6.07) is 12.5. The normalized spacial score (nSPS) is 10.2. The molecule has 120 valence electrons. The molecule has 23 heavy (non-hydrogen) atoms. The van der Waals surface area contributed by atoms with Gasteiger partial charge in [0, 0.05) is 10.6 Å². The molecule has 0 aliphatic carbocycles. The Morgan fingerprint density at radius 2 is 1.91 bits per heavy atom. The number of carbonyl (C=O) groups excluding carboxylic acids is 2. The van der Waals surface area contributed by atoms with E-state index in [-0.39, 0.29) is 12.2 Å². The topological polar surface area (TPSA) is 81.4 Å². The maximum absolute atomic E-state index is 12.0. The average molecular weight is 330 g/mol. The standard InChI is InChI=1S/C17H18N2O3S/c1-11-6-5-7-12(16(11)18)17(21)22-10-15(20)19-13-8-3-4-9-14(13)23-2/h3-9H,10,18H2,1-2H3,(H,19,20). The van der Waals surface area contributed by atoms with Crippen molar-refractivity contribution in [2.75, 3.05) is 23.9 Å². The Balaban J connectivity index is 1.96. The number of nitrogens with two attached hydrogens (primary N) is 1. The predicted octanol–water partition coefficient (Wildman–Crippen LogP) is 3.09. The number of nitrogen functional groups attached to an aromatic ring is 1. The summed E-state index contributed by atoms with van der Waals surface area (Å²) < 4.78 is 5.03. The van der Waals surface area contributed by atoms with Crippen LogP contribution in [0, 0.1) is 6.92 Å². The van der Waals surface area contributed by atoms with E-state index in [9.17, 15) is 9.59 Å². The molecule has 1 amide bonds. The van der Waals surface area contributed by atoms with Crippen molar-refractivity contribution in [3.8, 4) is 0 Å². The first-order valence-corrected chi connectivity index (χ1v) is 8.20. The molecule has 0 atom stereocenters. The number of hydrogen-bond acceptors (Lipinski definition) is 5. The number of nitrogens with one attached hydrogen (secondary N) is 1.